The van der Waals surface area contributed by atoms with Gasteiger partial charge in [0.2, 0.25) is 0 Å². The van der Waals surface area contributed by atoms with E-state index in [4.69, 9.17) is 10.5 Å². The molecule has 0 aromatic heterocycles. The number of methoxy groups -OCH3 is 1. The van der Waals surface area contributed by atoms with Crippen molar-refractivity contribution in [3.05, 3.63) is 29.6 Å². The van der Waals surface area contributed by atoms with Crippen LogP contribution in [-0.2, 0) is 15.6 Å². The highest BCUT2D eigenvalue weighted by Crippen LogP contribution is 2.18. The van der Waals surface area contributed by atoms with Gasteiger partial charge in [0.05, 0.1) is 18.6 Å². The zero-order valence-electron chi connectivity index (χ0n) is 9.65. The average molecular weight is 261 g/mol. The number of sulfone groups is 1. The van der Waals surface area contributed by atoms with E-state index in [1.807, 2.05) is 0 Å². The normalized spacial score (nSPS) is 11.5. The fourth-order valence-electron chi connectivity index (χ4n) is 1.38. The minimum atomic E-state index is -3.30. The summed E-state index contributed by atoms with van der Waals surface area (Å²) in [5, 5.41) is 0. The molecular weight excluding hydrogens is 245 g/mol. The number of nitrogens with two attached hydrogens (primary N) is 1. The van der Waals surface area contributed by atoms with Gasteiger partial charge in [-0.05, 0) is 19.0 Å². The number of hydrogen-bond acceptors (Lipinski definition) is 4. The average Bonchev–Trinajstić information content (AvgIpc) is 2.29. The second-order valence-corrected chi connectivity index (χ2v) is 5.88. The quantitative estimate of drug-likeness (QED) is 0.832. The van der Waals surface area contributed by atoms with Crippen LogP contribution in [0.1, 0.15) is 12.0 Å². The van der Waals surface area contributed by atoms with Crippen molar-refractivity contribution in [1.82, 2.24) is 0 Å². The predicted octanol–water partition coefficient (Wildman–Crippen LogP) is 1.10. The van der Waals surface area contributed by atoms with E-state index in [1.165, 1.54) is 25.3 Å². The third-order valence-electron chi connectivity index (χ3n) is 2.30. The molecule has 0 saturated heterocycles. The molecule has 0 aliphatic rings. The Morgan fingerprint density at radius 3 is 2.65 bits per heavy atom. The highest BCUT2D eigenvalue weighted by Gasteiger charge is 2.14. The van der Waals surface area contributed by atoms with Crippen LogP contribution >= 0.6 is 0 Å². The van der Waals surface area contributed by atoms with Gasteiger partial charge in [0.15, 0.2) is 9.84 Å². The van der Waals surface area contributed by atoms with Gasteiger partial charge in [-0.3, -0.25) is 0 Å². The number of ether oxygens (including phenoxy) is 1. The second kappa shape index (κ2) is 5.97. The van der Waals surface area contributed by atoms with Crippen molar-refractivity contribution >= 4 is 9.84 Å². The van der Waals surface area contributed by atoms with Gasteiger partial charge in [-0.25, -0.2) is 12.8 Å². The standard InChI is InChI=1S/C11H16FNO3S/c1-16-10-4-3-9(11(12)7-10)8-17(14,15)6-2-5-13/h3-4,7H,2,5-6,8,13H2,1H3. The molecule has 17 heavy (non-hydrogen) atoms. The van der Waals surface area contributed by atoms with Crippen LogP contribution in [0.2, 0.25) is 0 Å². The minimum absolute atomic E-state index is 0.0189. The summed E-state index contributed by atoms with van der Waals surface area (Å²) in [7, 11) is -1.88. The topological polar surface area (TPSA) is 69.4 Å². The summed E-state index contributed by atoms with van der Waals surface area (Å²) in [5.74, 6) is -0.524. The van der Waals surface area contributed by atoms with E-state index < -0.39 is 15.7 Å². The zero-order valence-corrected chi connectivity index (χ0v) is 10.5. The van der Waals surface area contributed by atoms with Gasteiger partial charge in [-0.15, -0.1) is 0 Å². The number of hydrogen-bond donors (Lipinski definition) is 1. The molecule has 0 fully saturated rings. The summed E-state index contributed by atoms with van der Waals surface area (Å²) in [5.41, 5.74) is 5.40. The van der Waals surface area contributed by atoms with Crippen LogP contribution < -0.4 is 10.5 Å². The molecular formula is C11H16FNO3S. The third kappa shape index (κ3) is 4.32. The lowest BCUT2D eigenvalue weighted by atomic mass is 10.2. The van der Waals surface area contributed by atoms with Crippen LogP contribution in [0.5, 0.6) is 5.75 Å². The van der Waals surface area contributed by atoms with Crippen molar-refractivity contribution in [2.45, 2.75) is 12.2 Å². The maximum atomic E-state index is 13.5. The van der Waals surface area contributed by atoms with Gasteiger partial charge in [0, 0.05) is 11.6 Å². The van der Waals surface area contributed by atoms with Gasteiger partial charge in [0.1, 0.15) is 11.6 Å². The van der Waals surface area contributed by atoms with Crippen molar-refractivity contribution in [2.75, 3.05) is 19.4 Å². The van der Waals surface area contributed by atoms with E-state index in [9.17, 15) is 12.8 Å². The predicted molar refractivity (Wildman–Crippen MR) is 64.1 cm³/mol. The second-order valence-electron chi connectivity index (χ2n) is 3.69. The fraction of sp³-hybridized carbons (Fsp3) is 0.455. The molecule has 0 spiro atoms. The summed E-state index contributed by atoms with van der Waals surface area (Å²) >= 11 is 0. The lowest BCUT2D eigenvalue weighted by Gasteiger charge is -2.06. The maximum Gasteiger partial charge on any atom is 0.154 e. The van der Waals surface area contributed by atoms with E-state index in [2.05, 4.69) is 0 Å². The molecule has 0 amide bonds. The smallest absolute Gasteiger partial charge is 0.154 e. The Morgan fingerprint density at radius 1 is 1.41 bits per heavy atom. The Hall–Kier alpha value is -1.14. The van der Waals surface area contributed by atoms with E-state index in [1.54, 1.807) is 0 Å². The Labute approximate surface area is 101 Å². The fourth-order valence-corrected chi connectivity index (χ4v) is 2.84. The molecule has 1 aromatic carbocycles. The third-order valence-corrected chi connectivity index (χ3v) is 3.96. The molecule has 1 aromatic rings. The molecule has 0 unspecified atom stereocenters. The van der Waals surface area contributed by atoms with E-state index in [0.717, 1.165) is 0 Å². The molecule has 4 nitrogen and oxygen atoms in total. The molecule has 96 valence electrons. The van der Waals surface area contributed by atoms with E-state index >= 15 is 0 Å². The van der Waals surface area contributed by atoms with Gasteiger partial charge >= 0.3 is 0 Å². The molecule has 0 heterocycles. The molecule has 2 N–H and O–H groups in total. The summed E-state index contributed by atoms with van der Waals surface area (Å²) in [4.78, 5) is 0. The Bertz CT molecular complexity index is 474. The summed E-state index contributed by atoms with van der Waals surface area (Å²) < 4.78 is 41.6. The Balaban J connectivity index is 2.81. The van der Waals surface area contributed by atoms with Gasteiger partial charge < -0.3 is 10.5 Å². The first-order valence-corrected chi connectivity index (χ1v) is 7.03. The van der Waals surface area contributed by atoms with Crippen molar-refractivity contribution < 1.29 is 17.5 Å². The van der Waals surface area contributed by atoms with Gasteiger partial charge in [0.25, 0.3) is 0 Å². The Kier molecular flexibility index (Phi) is 4.89. The zero-order chi connectivity index (χ0) is 12.9. The molecule has 0 aliphatic heterocycles. The first kappa shape index (κ1) is 13.9. The largest absolute Gasteiger partial charge is 0.497 e. The number of halogens is 1. The minimum Gasteiger partial charge on any atom is -0.497 e. The molecule has 0 radical (unpaired) electrons. The highest BCUT2D eigenvalue weighted by atomic mass is 32.2. The van der Waals surface area contributed by atoms with Crippen molar-refractivity contribution in [3.63, 3.8) is 0 Å². The lowest BCUT2D eigenvalue weighted by molar-refractivity contribution is 0.411. The van der Waals surface area contributed by atoms with Gasteiger partial charge in [-0.2, -0.15) is 0 Å². The van der Waals surface area contributed by atoms with Crippen LogP contribution in [-0.4, -0.2) is 27.8 Å². The lowest BCUT2D eigenvalue weighted by Crippen LogP contribution is -2.13. The van der Waals surface area contributed by atoms with Crippen LogP contribution in [0.15, 0.2) is 18.2 Å². The molecule has 0 atom stereocenters. The summed E-state index contributed by atoms with van der Waals surface area (Å²) in [6.45, 7) is 0.310. The maximum absolute atomic E-state index is 13.5. The molecule has 0 saturated carbocycles. The SMILES string of the molecule is COc1ccc(CS(=O)(=O)CCCN)c(F)c1. The van der Waals surface area contributed by atoms with Crippen LogP contribution in [0.25, 0.3) is 0 Å². The monoisotopic (exact) mass is 261 g/mol. The summed E-state index contributed by atoms with van der Waals surface area (Å²) in [6.07, 6.45) is 0.389. The van der Waals surface area contributed by atoms with E-state index in [-0.39, 0.29) is 17.1 Å². The first-order chi connectivity index (χ1) is 7.98. The molecule has 0 bridgehead atoms. The molecule has 6 heteroatoms. The van der Waals surface area contributed by atoms with E-state index in [0.29, 0.717) is 18.7 Å². The van der Waals surface area contributed by atoms with Gasteiger partial charge in [-0.1, -0.05) is 6.07 Å². The molecule has 0 aliphatic carbocycles. The van der Waals surface area contributed by atoms with Crippen LogP contribution in [0.3, 0.4) is 0 Å². The van der Waals surface area contributed by atoms with Crippen molar-refractivity contribution in [1.29, 1.82) is 0 Å². The van der Waals surface area contributed by atoms with Crippen LogP contribution in [0.4, 0.5) is 4.39 Å². The summed E-state index contributed by atoms with van der Waals surface area (Å²) in [6, 6.07) is 4.14. The Morgan fingerprint density at radius 2 is 2.12 bits per heavy atom. The number of rotatable bonds is 6. The van der Waals surface area contributed by atoms with Crippen molar-refractivity contribution in [3.8, 4) is 5.75 Å². The highest BCUT2D eigenvalue weighted by molar-refractivity contribution is 7.90. The first-order valence-electron chi connectivity index (χ1n) is 5.21. The van der Waals surface area contributed by atoms with Crippen molar-refractivity contribution in [2.24, 2.45) is 5.73 Å². The molecule has 1 rings (SSSR count). The van der Waals surface area contributed by atoms with Crippen LogP contribution in [0, 0.1) is 5.82 Å². The number of benzene rings is 1.